The third kappa shape index (κ3) is 3.30. The van der Waals surface area contributed by atoms with Crippen LogP contribution < -0.4 is 0 Å². The molecule has 0 saturated carbocycles. The van der Waals surface area contributed by atoms with Crippen molar-refractivity contribution >= 4 is 31.5 Å². The number of sulfone groups is 1. The Labute approximate surface area is 139 Å². The first-order chi connectivity index (χ1) is 10.8. The minimum Gasteiger partial charge on any atom is -0.468 e. The van der Waals surface area contributed by atoms with Crippen LogP contribution in [0.1, 0.15) is 5.76 Å². The lowest BCUT2D eigenvalue weighted by atomic mass is 10.3. The summed E-state index contributed by atoms with van der Waals surface area (Å²) < 4.78 is 55.4. The van der Waals surface area contributed by atoms with E-state index in [1.54, 1.807) is 12.1 Å². The summed E-state index contributed by atoms with van der Waals surface area (Å²) in [7, 11) is -7.14. The molecule has 0 spiro atoms. The molecule has 1 aliphatic heterocycles. The second-order valence-corrected chi connectivity index (χ2v) is 9.94. The summed E-state index contributed by atoms with van der Waals surface area (Å²) in [5, 5.41) is -0.277. The van der Waals surface area contributed by atoms with Gasteiger partial charge in [0.2, 0.25) is 10.0 Å². The quantitative estimate of drug-likeness (QED) is 0.797. The maximum absolute atomic E-state index is 12.4. The molecule has 0 aliphatic carbocycles. The van der Waals surface area contributed by atoms with Gasteiger partial charge in [-0.15, -0.1) is 0 Å². The van der Waals surface area contributed by atoms with Crippen molar-refractivity contribution in [1.82, 2.24) is 4.31 Å². The molecular weight excluding hydrogens is 362 g/mol. The fourth-order valence-corrected chi connectivity index (χ4v) is 5.75. The normalized spacial score (nSPS) is 17.1. The smallest absolute Gasteiger partial charge is 0.243 e. The number of furan rings is 1. The van der Waals surface area contributed by atoms with Gasteiger partial charge >= 0.3 is 0 Å². The molecule has 0 atom stereocenters. The highest BCUT2D eigenvalue weighted by Gasteiger charge is 2.43. The van der Waals surface area contributed by atoms with E-state index < -0.39 is 25.1 Å². The van der Waals surface area contributed by atoms with Gasteiger partial charge in [0, 0.05) is 18.1 Å². The molecule has 9 heteroatoms. The van der Waals surface area contributed by atoms with Gasteiger partial charge < -0.3 is 4.42 Å². The van der Waals surface area contributed by atoms with E-state index in [1.807, 2.05) is 0 Å². The van der Waals surface area contributed by atoms with Crippen molar-refractivity contribution in [2.75, 3.05) is 13.1 Å². The Hall–Kier alpha value is -1.35. The second-order valence-electron chi connectivity index (χ2n) is 5.28. The number of halogens is 1. The molecule has 2 aromatic rings. The van der Waals surface area contributed by atoms with E-state index in [0.717, 1.165) is 4.31 Å². The molecule has 1 aromatic heterocycles. The number of sulfonamides is 1. The van der Waals surface area contributed by atoms with Crippen LogP contribution in [0.4, 0.5) is 0 Å². The lowest BCUT2D eigenvalue weighted by Crippen LogP contribution is -2.56. The van der Waals surface area contributed by atoms with Gasteiger partial charge in [0.25, 0.3) is 0 Å². The van der Waals surface area contributed by atoms with Crippen molar-refractivity contribution in [3.8, 4) is 0 Å². The van der Waals surface area contributed by atoms with Gasteiger partial charge in [0.05, 0.1) is 16.4 Å². The highest BCUT2D eigenvalue weighted by atomic mass is 35.5. The van der Waals surface area contributed by atoms with Crippen LogP contribution in [-0.2, 0) is 25.6 Å². The van der Waals surface area contributed by atoms with E-state index in [2.05, 4.69) is 0 Å². The standard InChI is InChI=1S/C14H14ClNO5S2/c15-11-3-5-13(6-4-11)23(19,20)16-8-14(9-16)22(17,18)10-12-2-1-7-21-12/h1-7,14H,8-10H2. The predicted molar refractivity (Wildman–Crippen MR) is 85.3 cm³/mol. The summed E-state index contributed by atoms with van der Waals surface area (Å²) >= 11 is 5.74. The Morgan fingerprint density at radius 3 is 2.30 bits per heavy atom. The molecule has 0 radical (unpaired) electrons. The van der Waals surface area contributed by atoms with Crippen molar-refractivity contribution in [2.24, 2.45) is 0 Å². The Morgan fingerprint density at radius 2 is 1.74 bits per heavy atom. The lowest BCUT2D eigenvalue weighted by molar-refractivity contribution is 0.309. The van der Waals surface area contributed by atoms with Crippen LogP contribution in [0.15, 0.2) is 52.0 Å². The van der Waals surface area contributed by atoms with E-state index in [0.29, 0.717) is 10.8 Å². The molecule has 1 aromatic carbocycles. The van der Waals surface area contributed by atoms with Crippen LogP contribution in [0.25, 0.3) is 0 Å². The van der Waals surface area contributed by atoms with Crippen molar-refractivity contribution in [3.63, 3.8) is 0 Å². The van der Waals surface area contributed by atoms with E-state index in [9.17, 15) is 16.8 Å². The molecular formula is C14H14ClNO5S2. The third-order valence-corrected chi connectivity index (χ3v) is 7.80. The fourth-order valence-electron chi connectivity index (χ4n) is 2.29. The molecule has 6 nitrogen and oxygen atoms in total. The third-order valence-electron chi connectivity index (χ3n) is 3.70. The molecule has 0 N–H and O–H groups in total. The maximum Gasteiger partial charge on any atom is 0.243 e. The SMILES string of the molecule is O=S(=O)(Cc1ccco1)C1CN(S(=O)(=O)c2ccc(Cl)cc2)C1. The zero-order valence-electron chi connectivity index (χ0n) is 11.9. The van der Waals surface area contributed by atoms with Crippen LogP contribution in [0.3, 0.4) is 0 Å². The molecule has 23 heavy (non-hydrogen) atoms. The molecule has 124 valence electrons. The molecule has 0 unspecified atom stereocenters. The van der Waals surface area contributed by atoms with Crippen LogP contribution in [0.5, 0.6) is 0 Å². The highest BCUT2D eigenvalue weighted by Crippen LogP contribution is 2.27. The van der Waals surface area contributed by atoms with Crippen LogP contribution in [0, 0.1) is 0 Å². The van der Waals surface area contributed by atoms with Crippen molar-refractivity contribution in [3.05, 3.63) is 53.4 Å². The first-order valence-electron chi connectivity index (χ1n) is 6.79. The van der Waals surface area contributed by atoms with Gasteiger partial charge in [-0.05, 0) is 36.4 Å². The number of hydrogen-bond donors (Lipinski definition) is 0. The zero-order valence-corrected chi connectivity index (χ0v) is 14.3. The first kappa shape index (κ1) is 16.5. The Bertz CT molecular complexity index is 883. The summed E-state index contributed by atoms with van der Waals surface area (Å²) in [5.74, 6) is 0.128. The molecule has 1 fully saturated rings. The molecule has 2 heterocycles. The van der Waals surface area contributed by atoms with Gasteiger partial charge in [-0.25, -0.2) is 16.8 Å². The summed E-state index contributed by atoms with van der Waals surface area (Å²) in [6, 6.07) is 8.98. The van der Waals surface area contributed by atoms with Gasteiger partial charge in [-0.2, -0.15) is 4.31 Å². The molecule has 0 amide bonds. The minimum absolute atomic E-state index is 0.0476. The summed E-state index contributed by atoms with van der Waals surface area (Å²) in [5.41, 5.74) is 0. The monoisotopic (exact) mass is 375 g/mol. The highest BCUT2D eigenvalue weighted by molar-refractivity contribution is 7.92. The number of rotatable bonds is 5. The number of nitrogens with zero attached hydrogens (tertiary/aromatic N) is 1. The Morgan fingerprint density at radius 1 is 1.09 bits per heavy atom. The van der Waals surface area contributed by atoms with Gasteiger partial charge in [-0.1, -0.05) is 11.6 Å². The fraction of sp³-hybridized carbons (Fsp3) is 0.286. The zero-order chi connectivity index (χ0) is 16.7. The molecule has 0 bridgehead atoms. The Balaban J connectivity index is 1.69. The molecule has 3 rings (SSSR count). The van der Waals surface area contributed by atoms with E-state index in [-0.39, 0.29) is 23.7 Å². The first-order valence-corrected chi connectivity index (χ1v) is 10.3. The van der Waals surface area contributed by atoms with Gasteiger partial charge in [0.1, 0.15) is 11.5 Å². The molecule has 1 aliphatic rings. The average molecular weight is 376 g/mol. The molecule has 1 saturated heterocycles. The average Bonchev–Trinajstić information content (AvgIpc) is 2.88. The minimum atomic E-state index is -3.69. The maximum atomic E-state index is 12.4. The van der Waals surface area contributed by atoms with Crippen molar-refractivity contribution in [1.29, 1.82) is 0 Å². The van der Waals surface area contributed by atoms with Crippen LogP contribution >= 0.6 is 11.6 Å². The van der Waals surface area contributed by atoms with Crippen LogP contribution in [-0.4, -0.2) is 39.5 Å². The van der Waals surface area contributed by atoms with Gasteiger partial charge in [0.15, 0.2) is 9.84 Å². The van der Waals surface area contributed by atoms with Crippen molar-refractivity contribution in [2.45, 2.75) is 15.9 Å². The van der Waals surface area contributed by atoms with E-state index in [1.165, 1.54) is 30.5 Å². The number of hydrogen-bond acceptors (Lipinski definition) is 5. The topological polar surface area (TPSA) is 84.7 Å². The Kier molecular flexibility index (Phi) is 4.26. The second kappa shape index (κ2) is 5.94. The van der Waals surface area contributed by atoms with E-state index in [4.69, 9.17) is 16.0 Å². The number of benzene rings is 1. The summed E-state index contributed by atoms with van der Waals surface area (Å²) in [6.07, 6.45) is 1.41. The lowest BCUT2D eigenvalue weighted by Gasteiger charge is -2.37. The van der Waals surface area contributed by atoms with Gasteiger partial charge in [-0.3, -0.25) is 0 Å². The van der Waals surface area contributed by atoms with Crippen LogP contribution in [0.2, 0.25) is 5.02 Å². The van der Waals surface area contributed by atoms with E-state index >= 15 is 0 Å². The van der Waals surface area contributed by atoms with Crippen molar-refractivity contribution < 1.29 is 21.3 Å². The largest absolute Gasteiger partial charge is 0.468 e. The summed E-state index contributed by atoms with van der Waals surface area (Å²) in [6.45, 7) is -0.0952. The summed E-state index contributed by atoms with van der Waals surface area (Å²) in [4.78, 5) is 0.101. The predicted octanol–water partition coefficient (Wildman–Crippen LogP) is 1.92.